The normalized spacial score (nSPS) is 28.4. The van der Waals surface area contributed by atoms with E-state index in [-0.39, 0.29) is 77.9 Å². The number of amides is 4. The van der Waals surface area contributed by atoms with E-state index in [1.54, 1.807) is 88.1 Å². The third-order valence-corrected chi connectivity index (χ3v) is 17.1. The van der Waals surface area contributed by atoms with Crippen molar-refractivity contribution in [2.24, 2.45) is 52.9 Å². The van der Waals surface area contributed by atoms with Gasteiger partial charge in [0.25, 0.3) is 5.91 Å². The second kappa shape index (κ2) is 22.9. The summed E-state index contributed by atoms with van der Waals surface area (Å²) in [4.78, 5) is 111. The second-order valence-electron chi connectivity index (χ2n) is 25.8. The number of primary amides is 2. The van der Waals surface area contributed by atoms with Crippen LogP contribution in [-0.2, 0) is 46.4 Å². The van der Waals surface area contributed by atoms with E-state index in [2.05, 4.69) is 21.3 Å². The highest BCUT2D eigenvalue weighted by Gasteiger charge is 2.69. The van der Waals surface area contributed by atoms with Gasteiger partial charge in [-0.1, -0.05) is 0 Å². The SMILES string of the molecule is CN(C)c1cc(NC(=O)CNC(C)(C)C)c(O)c2c1C[C@H]1C[C@@H]3C(C(=O)C(C(N)=O)=C(O)[C@H]3N(C)C)C(=O)C1=C2O.CN(C)c1cc(NC(=O)CNC(C)(C)C)c(O)c2c1C[C@H]1C[C@H]3[C@@H](N(C)C)C(O)C(C(N)=O)C(=O)[C@@]3(O)C(O)C1C2=O. The van der Waals surface area contributed by atoms with Gasteiger partial charge in [-0.05, 0) is 136 Å². The Labute approximate surface area is 482 Å². The molecule has 6 aliphatic carbocycles. The van der Waals surface area contributed by atoms with Crippen molar-refractivity contribution in [2.75, 3.05) is 89.9 Å². The third-order valence-electron chi connectivity index (χ3n) is 17.1. The number of Topliss-reactive ketones (excluding diaryl/α,β-unsaturated/α-hetero) is 4. The topological polar surface area (TPSA) is 391 Å². The minimum absolute atomic E-state index is 0.00479. The molecule has 3 fully saturated rings. The van der Waals surface area contributed by atoms with E-state index >= 15 is 0 Å². The van der Waals surface area contributed by atoms with Gasteiger partial charge >= 0.3 is 0 Å². The van der Waals surface area contributed by atoms with Gasteiger partial charge < -0.3 is 83.2 Å². The van der Waals surface area contributed by atoms with Crippen molar-refractivity contribution >= 4 is 75.3 Å². The number of nitrogens with two attached hydrogens (primary N) is 2. The second-order valence-corrected chi connectivity index (χ2v) is 25.8. The van der Waals surface area contributed by atoms with Crippen molar-refractivity contribution in [3.05, 3.63) is 51.3 Å². The molecule has 0 saturated heterocycles. The summed E-state index contributed by atoms with van der Waals surface area (Å²) >= 11 is 0. The van der Waals surface area contributed by atoms with E-state index in [1.807, 2.05) is 41.5 Å². The summed E-state index contributed by atoms with van der Waals surface area (Å²) in [6, 6.07) is 1.48. The van der Waals surface area contributed by atoms with Crippen LogP contribution >= 0.6 is 0 Å². The molecule has 0 bridgehead atoms. The fourth-order valence-electron chi connectivity index (χ4n) is 13.5. The summed E-state index contributed by atoms with van der Waals surface area (Å²) in [5.74, 6) is -15.5. The summed E-state index contributed by atoms with van der Waals surface area (Å²) < 4.78 is 0. The number of anilines is 4. The van der Waals surface area contributed by atoms with Gasteiger partial charge in [0.05, 0.1) is 59.6 Å². The molecule has 0 aliphatic heterocycles. The van der Waals surface area contributed by atoms with E-state index in [1.165, 1.54) is 0 Å². The van der Waals surface area contributed by atoms with Crippen LogP contribution in [0.5, 0.6) is 11.5 Å². The van der Waals surface area contributed by atoms with E-state index in [0.29, 0.717) is 22.5 Å². The first-order valence-corrected chi connectivity index (χ1v) is 27.5. The highest BCUT2D eigenvalue weighted by molar-refractivity contribution is 6.28. The molecule has 3 saturated carbocycles. The third kappa shape index (κ3) is 11.4. The fourth-order valence-corrected chi connectivity index (χ4v) is 13.5. The van der Waals surface area contributed by atoms with Crippen LogP contribution in [-0.4, -0.2) is 203 Å². The van der Waals surface area contributed by atoms with Gasteiger partial charge in [-0.25, -0.2) is 0 Å². The Kier molecular flexibility index (Phi) is 17.5. The van der Waals surface area contributed by atoms with Crippen molar-refractivity contribution in [1.29, 1.82) is 0 Å². The number of carbonyl (C=O) groups is 8. The maximum Gasteiger partial charge on any atom is 0.255 e. The number of phenolic OH excluding ortho intramolecular Hbond substituents is 2. The molecular weight excluding hydrogens is 1080 g/mol. The van der Waals surface area contributed by atoms with Gasteiger partial charge in [0.2, 0.25) is 17.7 Å². The smallest absolute Gasteiger partial charge is 0.255 e. The summed E-state index contributed by atoms with van der Waals surface area (Å²) in [6.45, 7) is 11.4. The number of hydrogen-bond donors (Lipinski definition) is 13. The zero-order chi connectivity index (χ0) is 62.3. The summed E-state index contributed by atoms with van der Waals surface area (Å²) in [7, 11) is 13.7. The fraction of sp³-hybridized carbons (Fsp3) is 0.586. The Balaban J connectivity index is 0.000000239. The Morgan fingerprint density at radius 1 is 0.687 bits per heavy atom. The number of phenols is 2. The Bertz CT molecular complexity index is 3120. The molecule has 454 valence electrons. The number of hydrogen-bond acceptors (Lipinski definition) is 21. The van der Waals surface area contributed by atoms with E-state index in [0.717, 1.165) is 0 Å². The van der Waals surface area contributed by atoms with Crippen LogP contribution in [0.1, 0.15) is 81.4 Å². The van der Waals surface area contributed by atoms with Crippen LogP contribution in [0.2, 0.25) is 0 Å². The first-order valence-electron chi connectivity index (χ1n) is 27.5. The standard InChI is InChI=1S/C29H43N5O8.C29H39N5O7/c1-28(2,3)31-11-17(35)32-15-10-16(33(4)5)13-8-12-9-14-21(34(6)7)24(38)20(27(30)41)26(40)29(14,42)25(39)18(12)23(37)19(13)22(15)36;1-29(2,3)31-11-17(35)32-15-10-16(33(4)5)13-8-12-9-14-20(25(38)18(12)24(37)19(13)23(15)36)26(39)21(28(30)41)27(40)22(14)34(6)7/h10,12,14,18,20-21,24-25,31,36,38-39,42H,8-9,11H2,1-7H3,(H2,30,41)(H,32,35);10,12,14,20,22,31,36-37,40H,8-9,11H2,1-7H3,(H2,30,41)(H,32,35)/t12-,14-,18?,20?,21+,24?,25?,29-;12-,14+,20?,22-/m00/s1. The summed E-state index contributed by atoms with van der Waals surface area (Å²) in [5.41, 5.74) is 9.28. The lowest BCUT2D eigenvalue weighted by atomic mass is 9.51. The molecule has 83 heavy (non-hydrogen) atoms. The first-order chi connectivity index (χ1) is 38.3. The highest BCUT2D eigenvalue weighted by atomic mass is 16.4. The molecule has 5 unspecified atom stereocenters. The quantitative estimate of drug-likeness (QED) is 0.0760. The molecule has 15 N–H and O–H groups in total. The molecule has 2 aromatic rings. The van der Waals surface area contributed by atoms with Gasteiger partial charge in [0.15, 0.2) is 28.7 Å². The van der Waals surface area contributed by atoms with Crippen LogP contribution < -0.4 is 42.5 Å². The number of aliphatic hydroxyl groups is 5. The van der Waals surface area contributed by atoms with Gasteiger partial charge in [0.1, 0.15) is 40.6 Å². The highest BCUT2D eigenvalue weighted by Crippen LogP contribution is 2.56. The number of aliphatic hydroxyl groups excluding tert-OH is 4. The Morgan fingerprint density at radius 3 is 1.63 bits per heavy atom. The number of carbonyl (C=O) groups excluding carboxylic acids is 8. The minimum Gasteiger partial charge on any atom is -0.510 e. The lowest BCUT2D eigenvalue weighted by Crippen LogP contribution is -2.76. The lowest BCUT2D eigenvalue weighted by Gasteiger charge is -2.58. The number of benzene rings is 2. The van der Waals surface area contributed by atoms with Crippen molar-refractivity contribution in [3.63, 3.8) is 0 Å². The van der Waals surface area contributed by atoms with E-state index in [4.69, 9.17) is 11.5 Å². The summed E-state index contributed by atoms with van der Waals surface area (Å²) in [6.07, 6.45) is -2.67. The molecule has 2 aromatic carbocycles. The van der Waals surface area contributed by atoms with E-state index < -0.39 is 147 Å². The maximum absolute atomic E-state index is 14.1. The van der Waals surface area contributed by atoms with E-state index in [9.17, 15) is 74.1 Å². The monoisotopic (exact) mass is 1160 g/mol. The number of nitrogens with one attached hydrogen (secondary N) is 4. The van der Waals surface area contributed by atoms with Crippen molar-refractivity contribution in [2.45, 2.75) is 108 Å². The number of likely N-dealkylation sites (N-methyl/N-ethyl adjacent to an activating group) is 2. The first kappa shape index (κ1) is 63.6. The van der Waals surface area contributed by atoms with Gasteiger partial charge in [-0.15, -0.1) is 0 Å². The average molecular weight is 1160 g/mol. The molecule has 25 heteroatoms. The number of allylic oxidation sites excluding steroid dienone is 1. The van der Waals surface area contributed by atoms with Crippen molar-refractivity contribution in [3.8, 4) is 11.5 Å². The largest absolute Gasteiger partial charge is 0.510 e. The molecule has 12 atom stereocenters. The Hall–Kier alpha value is -7.00. The zero-order valence-corrected chi connectivity index (χ0v) is 49.6. The van der Waals surface area contributed by atoms with Gasteiger partial charge in [-0.2, -0.15) is 0 Å². The molecule has 0 radical (unpaired) electrons. The number of nitrogens with zero attached hydrogens (tertiary/aromatic N) is 4. The molecule has 0 aromatic heterocycles. The average Bonchev–Trinajstić information content (AvgIpc) is 1.53. The number of aromatic hydroxyl groups is 2. The lowest BCUT2D eigenvalue weighted by molar-refractivity contribution is -0.217. The minimum atomic E-state index is -2.55. The summed E-state index contributed by atoms with van der Waals surface area (Å²) in [5, 5.41) is 91.0. The van der Waals surface area contributed by atoms with Crippen LogP contribution in [0.25, 0.3) is 5.76 Å². The molecule has 25 nitrogen and oxygen atoms in total. The predicted molar refractivity (Wildman–Crippen MR) is 308 cm³/mol. The van der Waals surface area contributed by atoms with Crippen molar-refractivity contribution in [1.82, 2.24) is 20.4 Å². The van der Waals surface area contributed by atoms with Crippen LogP contribution in [0.3, 0.4) is 0 Å². The maximum atomic E-state index is 14.1. The van der Waals surface area contributed by atoms with Crippen LogP contribution in [0, 0.1) is 41.4 Å². The van der Waals surface area contributed by atoms with Crippen LogP contribution in [0.15, 0.2) is 29.0 Å². The van der Waals surface area contributed by atoms with Crippen molar-refractivity contribution < 1.29 is 74.1 Å². The molecule has 4 amide bonds. The zero-order valence-electron chi connectivity index (χ0n) is 49.6. The predicted octanol–water partition coefficient (Wildman–Crippen LogP) is 0.0849. The molecule has 6 aliphatic rings. The molecular formula is C58H82N10O15. The Morgan fingerprint density at radius 2 is 1.18 bits per heavy atom. The van der Waals surface area contributed by atoms with Gasteiger partial charge in [0, 0.05) is 68.2 Å². The molecule has 0 heterocycles. The number of fused-ring (bicyclic) bond motifs is 6. The molecule has 8 rings (SSSR count). The van der Waals surface area contributed by atoms with Gasteiger partial charge in [-0.3, -0.25) is 43.3 Å². The molecule has 0 spiro atoms. The number of ketones is 4. The van der Waals surface area contributed by atoms with Crippen LogP contribution in [0.4, 0.5) is 22.7 Å². The number of rotatable bonds is 12.